The number of carboxylic acid groups (broad SMARTS) is 1. The monoisotopic (exact) mass is 480 g/mol. The van der Waals surface area contributed by atoms with Gasteiger partial charge in [-0.3, -0.25) is 9.59 Å². The first-order chi connectivity index (χ1) is 16.8. The molecule has 2 aromatic rings. The molecule has 2 aromatic carbocycles. The lowest BCUT2D eigenvalue weighted by Gasteiger charge is -2.25. The van der Waals surface area contributed by atoms with E-state index in [0.29, 0.717) is 19.4 Å². The Morgan fingerprint density at radius 1 is 1.06 bits per heavy atom. The maximum absolute atomic E-state index is 12.8. The summed E-state index contributed by atoms with van der Waals surface area (Å²) in [5, 5.41) is 11.9. The number of alkyl carbamates (subject to hydrolysis) is 1. The van der Waals surface area contributed by atoms with Gasteiger partial charge in [0.05, 0.1) is 6.10 Å². The topological polar surface area (TPSA) is 105 Å². The van der Waals surface area contributed by atoms with Crippen LogP contribution < -0.4 is 5.32 Å². The van der Waals surface area contributed by atoms with Gasteiger partial charge < -0.3 is 24.8 Å². The van der Waals surface area contributed by atoms with Crippen LogP contribution >= 0.6 is 0 Å². The summed E-state index contributed by atoms with van der Waals surface area (Å²) in [5.41, 5.74) is 4.63. The number of ether oxygens (including phenoxy) is 2. The zero-order valence-electron chi connectivity index (χ0n) is 20.1. The number of benzene rings is 2. The van der Waals surface area contributed by atoms with E-state index in [4.69, 9.17) is 14.6 Å². The molecule has 35 heavy (non-hydrogen) atoms. The van der Waals surface area contributed by atoms with E-state index in [1.165, 1.54) is 16.0 Å². The summed E-state index contributed by atoms with van der Waals surface area (Å²) in [7, 11) is 0. The van der Waals surface area contributed by atoms with Gasteiger partial charge in [0.2, 0.25) is 0 Å². The fraction of sp³-hybridized carbons (Fsp3) is 0.444. The molecule has 1 aliphatic heterocycles. The van der Waals surface area contributed by atoms with Crippen molar-refractivity contribution < 1.29 is 29.0 Å². The number of nitrogens with zero attached hydrogens (tertiary/aromatic N) is 1. The third kappa shape index (κ3) is 5.82. The van der Waals surface area contributed by atoms with E-state index in [0.717, 1.165) is 11.1 Å². The van der Waals surface area contributed by atoms with Crippen LogP contribution in [0.3, 0.4) is 0 Å². The van der Waals surface area contributed by atoms with Crippen molar-refractivity contribution in [2.24, 2.45) is 5.92 Å². The number of nitrogens with one attached hydrogen (secondary N) is 1. The Hall–Kier alpha value is -3.39. The SMILES string of the molecule is CC(C)CN(CC(=O)O)C(=O)C1CCC(CNC(=O)OCC2c3ccccc3-c3ccccc32)O1. The fourth-order valence-electron chi connectivity index (χ4n) is 4.92. The van der Waals surface area contributed by atoms with Gasteiger partial charge in [-0.25, -0.2) is 4.79 Å². The van der Waals surface area contributed by atoms with Crippen LogP contribution in [0, 0.1) is 5.92 Å². The molecule has 0 bridgehead atoms. The van der Waals surface area contributed by atoms with E-state index in [1.807, 2.05) is 38.1 Å². The molecule has 186 valence electrons. The van der Waals surface area contributed by atoms with Crippen molar-refractivity contribution >= 4 is 18.0 Å². The zero-order valence-corrected chi connectivity index (χ0v) is 20.1. The summed E-state index contributed by atoms with van der Waals surface area (Å²) in [5.74, 6) is -1.24. The first-order valence-corrected chi connectivity index (χ1v) is 12.1. The zero-order chi connectivity index (χ0) is 24.9. The van der Waals surface area contributed by atoms with Gasteiger partial charge in [-0.05, 0) is 41.0 Å². The number of amides is 2. The van der Waals surface area contributed by atoms with E-state index in [1.54, 1.807) is 0 Å². The third-order valence-corrected chi connectivity index (χ3v) is 6.42. The predicted molar refractivity (Wildman–Crippen MR) is 130 cm³/mol. The summed E-state index contributed by atoms with van der Waals surface area (Å²) in [6.07, 6.45) is -0.456. The van der Waals surface area contributed by atoms with Crippen molar-refractivity contribution in [2.45, 2.75) is 44.8 Å². The standard InChI is InChI=1S/C27H32N2O6/c1-17(2)14-29(15-25(30)31)26(32)24-12-11-18(35-24)13-28-27(33)34-16-23-21-9-5-3-7-19(21)20-8-4-6-10-22(20)23/h3-10,17-18,23-24H,11-16H2,1-2H3,(H,28,33)(H,30,31). The number of hydrogen-bond donors (Lipinski definition) is 2. The maximum atomic E-state index is 12.8. The molecule has 8 nitrogen and oxygen atoms in total. The van der Waals surface area contributed by atoms with Gasteiger partial charge in [-0.15, -0.1) is 0 Å². The first-order valence-electron chi connectivity index (χ1n) is 12.1. The molecule has 2 amide bonds. The van der Waals surface area contributed by atoms with Gasteiger partial charge >= 0.3 is 12.1 Å². The first kappa shape index (κ1) is 24.7. The van der Waals surface area contributed by atoms with Crippen LogP contribution in [0.4, 0.5) is 4.79 Å². The van der Waals surface area contributed by atoms with Crippen LogP contribution in [0.5, 0.6) is 0 Å². The number of rotatable bonds is 9. The summed E-state index contributed by atoms with van der Waals surface area (Å²) in [6, 6.07) is 16.3. The summed E-state index contributed by atoms with van der Waals surface area (Å²) < 4.78 is 11.4. The van der Waals surface area contributed by atoms with Crippen LogP contribution in [-0.4, -0.2) is 66.4 Å². The average molecular weight is 481 g/mol. The summed E-state index contributed by atoms with van der Waals surface area (Å²) >= 11 is 0. The molecule has 2 aliphatic rings. The van der Waals surface area contributed by atoms with Gasteiger partial charge in [0, 0.05) is 19.0 Å². The average Bonchev–Trinajstić information content (AvgIpc) is 3.43. The van der Waals surface area contributed by atoms with Crippen LogP contribution in [0.25, 0.3) is 11.1 Å². The number of carbonyl (C=O) groups is 3. The number of fused-ring (bicyclic) bond motifs is 3. The van der Waals surface area contributed by atoms with Crippen molar-refractivity contribution in [3.8, 4) is 11.1 Å². The molecule has 2 atom stereocenters. The Morgan fingerprint density at radius 3 is 2.29 bits per heavy atom. The molecule has 2 unspecified atom stereocenters. The van der Waals surface area contributed by atoms with Gasteiger partial charge in [-0.2, -0.15) is 0 Å². The van der Waals surface area contributed by atoms with E-state index in [-0.39, 0.29) is 43.5 Å². The number of aliphatic carboxylic acids is 1. The molecule has 1 fully saturated rings. The highest BCUT2D eigenvalue weighted by atomic mass is 16.5. The van der Waals surface area contributed by atoms with E-state index >= 15 is 0 Å². The number of carbonyl (C=O) groups excluding carboxylic acids is 2. The lowest BCUT2D eigenvalue weighted by Crippen LogP contribution is -2.44. The van der Waals surface area contributed by atoms with Crippen LogP contribution in [0.1, 0.15) is 43.7 Å². The third-order valence-electron chi connectivity index (χ3n) is 6.42. The maximum Gasteiger partial charge on any atom is 0.407 e. The van der Waals surface area contributed by atoms with Crippen molar-refractivity contribution in [2.75, 3.05) is 26.2 Å². The normalized spacial score (nSPS) is 18.7. The molecular weight excluding hydrogens is 448 g/mol. The highest BCUT2D eigenvalue weighted by Crippen LogP contribution is 2.44. The smallest absolute Gasteiger partial charge is 0.407 e. The van der Waals surface area contributed by atoms with Crippen LogP contribution in [0.15, 0.2) is 48.5 Å². The Balaban J connectivity index is 1.26. The molecule has 4 rings (SSSR count). The minimum atomic E-state index is -1.05. The van der Waals surface area contributed by atoms with Crippen LogP contribution in [-0.2, 0) is 19.1 Å². The van der Waals surface area contributed by atoms with Crippen LogP contribution in [0.2, 0.25) is 0 Å². The molecule has 0 saturated carbocycles. The Kier molecular flexibility index (Phi) is 7.70. The highest BCUT2D eigenvalue weighted by Gasteiger charge is 2.35. The minimum Gasteiger partial charge on any atom is -0.480 e. The second-order valence-corrected chi connectivity index (χ2v) is 9.54. The van der Waals surface area contributed by atoms with Crippen molar-refractivity contribution in [1.82, 2.24) is 10.2 Å². The fourth-order valence-corrected chi connectivity index (χ4v) is 4.92. The Morgan fingerprint density at radius 2 is 1.69 bits per heavy atom. The number of hydrogen-bond acceptors (Lipinski definition) is 5. The van der Waals surface area contributed by atoms with E-state index in [9.17, 15) is 14.4 Å². The molecule has 0 spiro atoms. The summed E-state index contributed by atoms with van der Waals surface area (Å²) in [6.45, 7) is 4.32. The Bertz CT molecular complexity index is 1040. The van der Waals surface area contributed by atoms with Gasteiger partial charge in [0.1, 0.15) is 19.3 Å². The van der Waals surface area contributed by atoms with Gasteiger partial charge in [-0.1, -0.05) is 62.4 Å². The molecule has 0 radical (unpaired) electrons. The van der Waals surface area contributed by atoms with Crippen molar-refractivity contribution in [3.05, 3.63) is 59.7 Å². The van der Waals surface area contributed by atoms with Crippen molar-refractivity contribution in [3.63, 3.8) is 0 Å². The van der Waals surface area contributed by atoms with Gasteiger partial charge in [0.25, 0.3) is 5.91 Å². The predicted octanol–water partition coefficient (Wildman–Crippen LogP) is 3.64. The largest absolute Gasteiger partial charge is 0.480 e. The Labute approximate surface area is 205 Å². The lowest BCUT2D eigenvalue weighted by molar-refractivity contribution is -0.150. The molecule has 1 aliphatic carbocycles. The lowest BCUT2D eigenvalue weighted by atomic mass is 9.98. The molecule has 1 saturated heterocycles. The molecule has 8 heteroatoms. The van der Waals surface area contributed by atoms with Gasteiger partial charge in [0.15, 0.2) is 0 Å². The molecule has 0 aromatic heterocycles. The second kappa shape index (κ2) is 10.9. The molecule has 1 heterocycles. The quantitative estimate of drug-likeness (QED) is 0.568. The summed E-state index contributed by atoms with van der Waals surface area (Å²) in [4.78, 5) is 37.7. The second-order valence-electron chi connectivity index (χ2n) is 9.54. The highest BCUT2D eigenvalue weighted by molar-refractivity contribution is 5.85. The number of carboxylic acids is 1. The van der Waals surface area contributed by atoms with E-state index in [2.05, 4.69) is 29.6 Å². The molecule has 2 N–H and O–H groups in total. The van der Waals surface area contributed by atoms with E-state index < -0.39 is 18.2 Å². The van der Waals surface area contributed by atoms with Crippen molar-refractivity contribution in [1.29, 1.82) is 0 Å². The minimum absolute atomic E-state index is 0.0148. The molecular formula is C27H32N2O6.